The fourth-order valence-electron chi connectivity index (χ4n) is 3.51. The third-order valence-electron chi connectivity index (χ3n) is 5.45. The summed E-state index contributed by atoms with van der Waals surface area (Å²) in [7, 11) is 3.59. The summed E-state index contributed by atoms with van der Waals surface area (Å²) < 4.78 is 7.20. The molecule has 2 amide bonds. The van der Waals surface area contributed by atoms with Crippen molar-refractivity contribution in [2.24, 2.45) is 7.05 Å². The van der Waals surface area contributed by atoms with Crippen molar-refractivity contribution in [3.05, 3.63) is 59.4 Å². The highest BCUT2D eigenvalue weighted by atomic mass is 16.5. The topological polar surface area (TPSA) is 54.8 Å². The lowest BCUT2D eigenvalue weighted by Crippen LogP contribution is -2.44. The normalized spacial score (nSPS) is 10.8. The van der Waals surface area contributed by atoms with E-state index in [1.165, 1.54) is 5.56 Å². The molecule has 1 heterocycles. The number of unbranched alkanes of at least 4 members (excludes halogenated alkanes) is 1. The number of hydrogen-bond acceptors (Lipinski definition) is 3. The van der Waals surface area contributed by atoms with Crippen LogP contribution in [0.15, 0.2) is 42.6 Å². The third-order valence-corrected chi connectivity index (χ3v) is 5.45. The Morgan fingerprint density at radius 3 is 2.32 bits per heavy atom. The molecule has 170 valence electrons. The Balaban J connectivity index is 2.10. The Labute approximate surface area is 186 Å². The third kappa shape index (κ3) is 7.55. The highest BCUT2D eigenvalue weighted by molar-refractivity contribution is 5.96. The summed E-state index contributed by atoms with van der Waals surface area (Å²) in [6.45, 7) is 6.24. The second kappa shape index (κ2) is 13.0. The highest BCUT2D eigenvalue weighted by Gasteiger charge is 2.22. The molecule has 2 rings (SSSR count). The lowest BCUT2D eigenvalue weighted by atomic mass is 10.1. The molecule has 0 atom stereocenters. The molecule has 0 aliphatic carbocycles. The van der Waals surface area contributed by atoms with Crippen molar-refractivity contribution in [3.8, 4) is 0 Å². The maximum absolute atomic E-state index is 13.1. The van der Waals surface area contributed by atoms with Gasteiger partial charge in [0.25, 0.3) is 5.91 Å². The van der Waals surface area contributed by atoms with Crippen molar-refractivity contribution in [1.82, 2.24) is 14.4 Å². The van der Waals surface area contributed by atoms with E-state index in [-0.39, 0.29) is 18.4 Å². The van der Waals surface area contributed by atoms with Gasteiger partial charge in [0.15, 0.2) is 0 Å². The van der Waals surface area contributed by atoms with E-state index in [1.54, 1.807) is 16.9 Å². The molecule has 0 N–H and O–H groups in total. The van der Waals surface area contributed by atoms with Crippen LogP contribution in [-0.2, 0) is 29.5 Å². The van der Waals surface area contributed by atoms with Crippen LogP contribution in [0.3, 0.4) is 0 Å². The standard InChI is InChI=1S/C25H37N3O3/c1-5-7-9-21-11-13-22(14-12-21)25(30)28(15-6-2)20-24(29)27(17-18-31-4)19-23-10-8-16-26(23)3/h8,10-14,16H,5-7,9,15,17-20H2,1-4H3. The molecule has 6 heteroatoms. The first kappa shape index (κ1) is 24.7. The molecular weight excluding hydrogens is 390 g/mol. The number of aryl methyl sites for hydroxylation is 2. The van der Waals surface area contributed by atoms with Gasteiger partial charge in [0.2, 0.25) is 5.91 Å². The van der Waals surface area contributed by atoms with Gasteiger partial charge in [-0.25, -0.2) is 0 Å². The molecule has 0 bridgehead atoms. The number of ether oxygens (including phenoxy) is 1. The lowest BCUT2D eigenvalue weighted by Gasteiger charge is -2.27. The number of nitrogens with zero attached hydrogens (tertiary/aromatic N) is 3. The van der Waals surface area contributed by atoms with E-state index >= 15 is 0 Å². The second-order valence-corrected chi connectivity index (χ2v) is 7.95. The second-order valence-electron chi connectivity index (χ2n) is 7.95. The Hall–Kier alpha value is -2.60. The Morgan fingerprint density at radius 1 is 1.00 bits per heavy atom. The van der Waals surface area contributed by atoms with E-state index in [4.69, 9.17) is 4.74 Å². The van der Waals surface area contributed by atoms with Crippen molar-refractivity contribution in [2.45, 2.75) is 46.1 Å². The summed E-state index contributed by atoms with van der Waals surface area (Å²) in [5.74, 6) is -0.164. The van der Waals surface area contributed by atoms with Crippen LogP contribution in [0.2, 0.25) is 0 Å². The Kier molecular flexibility index (Phi) is 10.3. The average molecular weight is 428 g/mol. The fourth-order valence-corrected chi connectivity index (χ4v) is 3.51. The number of benzene rings is 1. The minimum atomic E-state index is -0.0946. The summed E-state index contributed by atoms with van der Waals surface area (Å²) in [5, 5.41) is 0. The molecule has 31 heavy (non-hydrogen) atoms. The Morgan fingerprint density at radius 2 is 1.74 bits per heavy atom. The molecule has 0 radical (unpaired) electrons. The zero-order valence-electron chi connectivity index (χ0n) is 19.5. The molecule has 0 aliphatic rings. The smallest absolute Gasteiger partial charge is 0.254 e. The van der Waals surface area contributed by atoms with E-state index in [0.717, 1.165) is 31.4 Å². The molecule has 0 aliphatic heterocycles. The van der Waals surface area contributed by atoms with Crippen LogP contribution >= 0.6 is 0 Å². The van der Waals surface area contributed by atoms with Crippen molar-refractivity contribution >= 4 is 11.8 Å². The summed E-state index contributed by atoms with van der Waals surface area (Å²) in [5.41, 5.74) is 2.91. The number of carbonyl (C=O) groups excluding carboxylic acids is 2. The van der Waals surface area contributed by atoms with E-state index in [1.807, 2.05) is 61.1 Å². The summed E-state index contributed by atoms with van der Waals surface area (Å²) >= 11 is 0. The van der Waals surface area contributed by atoms with Gasteiger partial charge in [-0.3, -0.25) is 9.59 Å². The molecule has 0 fully saturated rings. The van der Waals surface area contributed by atoms with Crippen molar-refractivity contribution in [3.63, 3.8) is 0 Å². The summed E-state index contributed by atoms with van der Waals surface area (Å²) in [4.78, 5) is 29.7. The SMILES string of the molecule is CCCCc1ccc(C(=O)N(CCC)CC(=O)N(CCOC)Cc2cccn2C)cc1. The van der Waals surface area contributed by atoms with E-state index < -0.39 is 0 Å². The zero-order chi connectivity index (χ0) is 22.6. The summed E-state index contributed by atoms with van der Waals surface area (Å²) in [6, 6.07) is 11.8. The van der Waals surface area contributed by atoms with Crippen LogP contribution in [0.1, 0.15) is 54.7 Å². The number of amides is 2. The number of rotatable bonds is 13. The van der Waals surface area contributed by atoms with Crippen LogP contribution in [0.5, 0.6) is 0 Å². The molecule has 0 saturated heterocycles. The van der Waals surface area contributed by atoms with Gasteiger partial charge in [-0.1, -0.05) is 32.4 Å². The lowest BCUT2D eigenvalue weighted by molar-refractivity contribution is -0.133. The molecule has 0 spiro atoms. The minimum Gasteiger partial charge on any atom is -0.383 e. The van der Waals surface area contributed by atoms with Gasteiger partial charge in [-0.2, -0.15) is 0 Å². The van der Waals surface area contributed by atoms with Gasteiger partial charge in [0.1, 0.15) is 6.54 Å². The van der Waals surface area contributed by atoms with E-state index in [9.17, 15) is 9.59 Å². The predicted molar refractivity (Wildman–Crippen MR) is 124 cm³/mol. The van der Waals surface area contributed by atoms with E-state index in [0.29, 0.717) is 31.8 Å². The largest absolute Gasteiger partial charge is 0.383 e. The van der Waals surface area contributed by atoms with Gasteiger partial charge < -0.3 is 19.1 Å². The molecule has 1 aromatic carbocycles. The van der Waals surface area contributed by atoms with Gasteiger partial charge >= 0.3 is 0 Å². The van der Waals surface area contributed by atoms with Crippen LogP contribution in [0.4, 0.5) is 0 Å². The Bertz CT molecular complexity index is 814. The number of hydrogen-bond donors (Lipinski definition) is 0. The first-order valence-electron chi connectivity index (χ1n) is 11.2. The quantitative estimate of drug-likeness (QED) is 0.487. The fraction of sp³-hybridized carbons (Fsp3) is 0.520. The van der Waals surface area contributed by atoms with Crippen molar-refractivity contribution in [2.75, 3.05) is 33.4 Å². The van der Waals surface area contributed by atoms with Crippen LogP contribution in [0, 0.1) is 0 Å². The maximum Gasteiger partial charge on any atom is 0.254 e. The van der Waals surface area contributed by atoms with Gasteiger partial charge in [-0.05, 0) is 49.1 Å². The first-order valence-corrected chi connectivity index (χ1v) is 11.2. The monoisotopic (exact) mass is 427 g/mol. The predicted octanol–water partition coefficient (Wildman–Crippen LogP) is 3.90. The van der Waals surface area contributed by atoms with Crippen LogP contribution in [0.25, 0.3) is 0 Å². The number of aromatic nitrogens is 1. The van der Waals surface area contributed by atoms with Crippen LogP contribution < -0.4 is 0 Å². The van der Waals surface area contributed by atoms with Gasteiger partial charge in [0, 0.05) is 44.7 Å². The first-order chi connectivity index (χ1) is 15.0. The van der Waals surface area contributed by atoms with Crippen molar-refractivity contribution < 1.29 is 14.3 Å². The molecule has 0 saturated carbocycles. The molecule has 0 unspecified atom stereocenters. The minimum absolute atomic E-state index is 0.0679. The number of methoxy groups -OCH3 is 1. The molecule has 1 aromatic heterocycles. The van der Waals surface area contributed by atoms with E-state index in [2.05, 4.69) is 6.92 Å². The number of carbonyl (C=O) groups is 2. The molecular formula is C25H37N3O3. The molecule has 6 nitrogen and oxygen atoms in total. The van der Waals surface area contributed by atoms with Crippen LogP contribution in [-0.4, -0.2) is 59.5 Å². The van der Waals surface area contributed by atoms with Crippen molar-refractivity contribution in [1.29, 1.82) is 0 Å². The van der Waals surface area contributed by atoms with Gasteiger partial charge in [0.05, 0.1) is 13.2 Å². The maximum atomic E-state index is 13.1. The van der Waals surface area contributed by atoms with Gasteiger partial charge in [-0.15, -0.1) is 0 Å². The zero-order valence-corrected chi connectivity index (χ0v) is 19.5. The highest BCUT2D eigenvalue weighted by Crippen LogP contribution is 2.12. The average Bonchev–Trinajstić information content (AvgIpc) is 3.18. The summed E-state index contributed by atoms with van der Waals surface area (Å²) in [6.07, 6.45) is 6.07. The molecule has 2 aromatic rings.